The summed E-state index contributed by atoms with van der Waals surface area (Å²) in [6.07, 6.45) is 3.17. The number of hydrogen-bond donors (Lipinski definition) is 0. The van der Waals surface area contributed by atoms with E-state index in [-0.39, 0.29) is 29.8 Å². The molecule has 4 rings (SSSR count). The minimum Gasteiger partial charge on any atom is -0.468 e. The lowest BCUT2D eigenvalue weighted by Gasteiger charge is -2.33. The first kappa shape index (κ1) is 20.5. The number of nitrogens with zero attached hydrogens (tertiary/aromatic N) is 5. The van der Waals surface area contributed by atoms with E-state index in [9.17, 15) is 19.3 Å². The second-order valence-electron chi connectivity index (χ2n) is 7.03. The van der Waals surface area contributed by atoms with E-state index in [0.717, 1.165) is 37.0 Å². The van der Waals surface area contributed by atoms with Crippen molar-refractivity contribution in [3.8, 4) is 5.75 Å². The second-order valence-corrected chi connectivity index (χ2v) is 7.03. The lowest BCUT2D eigenvalue weighted by molar-refractivity contribution is -0.386. The summed E-state index contributed by atoms with van der Waals surface area (Å²) in [7, 11) is 0. The van der Waals surface area contributed by atoms with Gasteiger partial charge in [0.1, 0.15) is 11.6 Å². The Labute approximate surface area is 176 Å². The summed E-state index contributed by atoms with van der Waals surface area (Å²) in [5, 5.41) is 15.2. The molecule has 1 fully saturated rings. The highest BCUT2D eigenvalue weighted by molar-refractivity contribution is 5.92. The van der Waals surface area contributed by atoms with Crippen LogP contribution in [0.5, 0.6) is 5.75 Å². The molecule has 0 radical (unpaired) electrons. The summed E-state index contributed by atoms with van der Waals surface area (Å²) in [4.78, 5) is 27.1. The van der Waals surface area contributed by atoms with Crippen molar-refractivity contribution in [3.05, 3.63) is 76.2 Å². The van der Waals surface area contributed by atoms with E-state index < -0.39 is 10.7 Å². The highest BCUT2D eigenvalue weighted by Crippen LogP contribution is 2.27. The van der Waals surface area contributed by atoms with Gasteiger partial charge in [-0.2, -0.15) is 5.10 Å². The van der Waals surface area contributed by atoms with Gasteiger partial charge in [0.05, 0.1) is 17.7 Å². The molecule has 2 aromatic heterocycles. The summed E-state index contributed by atoms with van der Waals surface area (Å²) < 4.78 is 25.4. The maximum atomic E-state index is 13.4. The number of nitro groups is 1. The number of furan rings is 1. The van der Waals surface area contributed by atoms with Crippen LogP contribution in [0.3, 0.4) is 0 Å². The molecule has 10 nitrogen and oxygen atoms in total. The Bertz CT molecular complexity index is 1060. The number of benzene rings is 1. The fourth-order valence-corrected chi connectivity index (χ4v) is 3.33. The van der Waals surface area contributed by atoms with Gasteiger partial charge >= 0.3 is 5.69 Å². The van der Waals surface area contributed by atoms with Crippen LogP contribution in [0.1, 0.15) is 16.2 Å². The summed E-state index contributed by atoms with van der Waals surface area (Å²) in [6.45, 7) is 3.08. The molecule has 3 aromatic rings. The van der Waals surface area contributed by atoms with E-state index in [0.29, 0.717) is 19.6 Å². The second kappa shape index (κ2) is 8.96. The van der Waals surface area contributed by atoms with Crippen molar-refractivity contribution in [2.24, 2.45) is 0 Å². The Morgan fingerprint density at radius 3 is 2.74 bits per heavy atom. The van der Waals surface area contributed by atoms with Gasteiger partial charge in [0.2, 0.25) is 5.75 Å². The van der Waals surface area contributed by atoms with Gasteiger partial charge in [-0.25, -0.2) is 9.07 Å². The third-order valence-corrected chi connectivity index (χ3v) is 4.95. The number of ether oxygens (including phenoxy) is 1. The van der Waals surface area contributed by atoms with E-state index in [2.05, 4.69) is 10.00 Å². The average molecular weight is 429 g/mol. The van der Waals surface area contributed by atoms with Crippen molar-refractivity contribution in [3.63, 3.8) is 0 Å². The van der Waals surface area contributed by atoms with E-state index in [1.807, 2.05) is 12.1 Å². The average Bonchev–Trinajstić information content (AvgIpc) is 3.44. The van der Waals surface area contributed by atoms with Gasteiger partial charge in [-0.15, -0.1) is 0 Å². The monoisotopic (exact) mass is 429 g/mol. The van der Waals surface area contributed by atoms with Crippen molar-refractivity contribution in [2.75, 3.05) is 26.2 Å². The number of carbonyl (C=O) groups excluding carboxylic acids is 1. The van der Waals surface area contributed by atoms with Gasteiger partial charge in [-0.3, -0.25) is 19.8 Å². The zero-order valence-corrected chi connectivity index (χ0v) is 16.5. The Hall–Kier alpha value is -3.73. The maximum Gasteiger partial charge on any atom is 0.311 e. The third-order valence-electron chi connectivity index (χ3n) is 4.95. The molecule has 1 aliphatic rings. The maximum absolute atomic E-state index is 13.4. The molecule has 0 unspecified atom stereocenters. The van der Waals surface area contributed by atoms with E-state index in [1.54, 1.807) is 17.2 Å². The molecule has 1 aliphatic heterocycles. The van der Waals surface area contributed by atoms with E-state index in [4.69, 9.17) is 9.15 Å². The standard InChI is InChI=1S/C20H20FN5O5/c21-15-3-4-18(26(28)29)19(12-15)31-14-25-6-5-17(22-25)20(27)24-9-7-23(8-10-24)13-16-2-1-11-30-16/h1-6,11-12H,7-10,13-14H2. The van der Waals surface area contributed by atoms with Crippen LogP contribution in [0.25, 0.3) is 0 Å². The smallest absolute Gasteiger partial charge is 0.311 e. The van der Waals surface area contributed by atoms with Gasteiger partial charge in [0.25, 0.3) is 5.91 Å². The zero-order chi connectivity index (χ0) is 21.8. The highest BCUT2D eigenvalue weighted by Gasteiger charge is 2.24. The number of rotatable bonds is 7. The van der Waals surface area contributed by atoms with Crippen LogP contribution in [0.4, 0.5) is 10.1 Å². The number of amides is 1. The summed E-state index contributed by atoms with van der Waals surface area (Å²) in [5.41, 5.74) is -0.103. The topological polar surface area (TPSA) is 107 Å². The molecule has 0 aliphatic carbocycles. The fraction of sp³-hybridized carbons (Fsp3) is 0.300. The van der Waals surface area contributed by atoms with Crippen LogP contribution < -0.4 is 4.74 Å². The number of carbonyl (C=O) groups is 1. The first-order chi connectivity index (χ1) is 15.0. The molecule has 1 saturated heterocycles. The van der Waals surface area contributed by atoms with Crippen LogP contribution in [0.15, 0.2) is 53.3 Å². The first-order valence-corrected chi connectivity index (χ1v) is 9.64. The van der Waals surface area contributed by atoms with Crippen LogP contribution in [-0.4, -0.2) is 56.6 Å². The van der Waals surface area contributed by atoms with Gasteiger partial charge in [0.15, 0.2) is 12.4 Å². The molecular weight excluding hydrogens is 409 g/mol. The molecule has 0 N–H and O–H groups in total. The summed E-state index contributed by atoms with van der Waals surface area (Å²) in [6, 6.07) is 8.29. The molecule has 0 spiro atoms. The van der Waals surface area contributed by atoms with Crippen molar-refractivity contribution >= 4 is 11.6 Å². The number of piperazine rings is 1. The molecule has 162 valence electrons. The lowest BCUT2D eigenvalue weighted by atomic mass is 10.2. The number of halogens is 1. The summed E-state index contributed by atoms with van der Waals surface area (Å²) in [5.74, 6) is -0.172. The van der Waals surface area contributed by atoms with Gasteiger partial charge in [-0.1, -0.05) is 0 Å². The zero-order valence-electron chi connectivity index (χ0n) is 16.5. The normalized spacial score (nSPS) is 14.5. The Balaban J connectivity index is 1.32. The first-order valence-electron chi connectivity index (χ1n) is 9.64. The number of aromatic nitrogens is 2. The molecule has 3 heterocycles. The molecule has 0 atom stereocenters. The van der Waals surface area contributed by atoms with Crippen molar-refractivity contribution in [2.45, 2.75) is 13.3 Å². The molecular formula is C20H20FN5O5. The molecule has 31 heavy (non-hydrogen) atoms. The predicted molar refractivity (Wildman–Crippen MR) is 106 cm³/mol. The van der Waals surface area contributed by atoms with Gasteiger partial charge in [-0.05, 0) is 24.3 Å². The quantitative estimate of drug-likeness (QED) is 0.420. The molecule has 0 saturated carbocycles. The molecule has 1 amide bonds. The Morgan fingerprint density at radius 2 is 2.03 bits per heavy atom. The minimum atomic E-state index is -0.654. The molecule has 0 bridgehead atoms. The fourth-order valence-electron chi connectivity index (χ4n) is 3.33. The lowest BCUT2D eigenvalue weighted by Crippen LogP contribution is -2.48. The third kappa shape index (κ3) is 4.89. The predicted octanol–water partition coefficient (Wildman–Crippen LogP) is 2.52. The minimum absolute atomic E-state index is 0.200. The van der Waals surface area contributed by atoms with Crippen LogP contribution in [-0.2, 0) is 13.3 Å². The van der Waals surface area contributed by atoms with Gasteiger partial charge < -0.3 is 14.1 Å². The van der Waals surface area contributed by atoms with Crippen LogP contribution in [0.2, 0.25) is 0 Å². The van der Waals surface area contributed by atoms with Crippen LogP contribution in [0, 0.1) is 15.9 Å². The Morgan fingerprint density at radius 1 is 1.23 bits per heavy atom. The number of hydrogen-bond acceptors (Lipinski definition) is 7. The summed E-state index contributed by atoms with van der Waals surface area (Å²) >= 11 is 0. The highest BCUT2D eigenvalue weighted by atomic mass is 19.1. The molecule has 1 aromatic carbocycles. The Kier molecular flexibility index (Phi) is 5.94. The number of nitro benzene ring substituents is 1. The van der Waals surface area contributed by atoms with Crippen molar-refractivity contribution in [1.29, 1.82) is 0 Å². The largest absolute Gasteiger partial charge is 0.468 e. The molecule has 11 heteroatoms. The SMILES string of the molecule is O=C(c1ccn(COc2cc(F)ccc2[N+](=O)[O-])n1)N1CCN(Cc2ccco2)CC1. The van der Waals surface area contributed by atoms with E-state index in [1.165, 1.54) is 10.9 Å². The van der Waals surface area contributed by atoms with Crippen molar-refractivity contribution in [1.82, 2.24) is 19.6 Å². The van der Waals surface area contributed by atoms with Crippen molar-refractivity contribution < 1.29 is 23.3 Å². The van der Waals surface area contributed by atoms with E-state index >= 15 is 0 Å². The van der Waals surface area contributed by atoms with Crippen LogP contribution >= 0.6 is 0 Å². The van der Waals surface area contributed by atoms with Gasteiger partial charge in [0, 0.05) is 44.5 Å².